The number of carbonyl (C=O) groups is 6. The van der Waals surface area contributed by atoms with E-state index in [1.807, 2.05) is 128 Å². The molecule has 2 heterocycles. The highest BCUT2D eigenvalue weighted by Crippen LogP contribution is 2.62. The molecule has 4 amide bonds. The third-order valence-electron chi connectivity index (χ3n) is 31.8. The zero-order valence-electron chi connectivity index (χ0n) is 86.6. The zero-order valence-corrected chi connectivity index (χ0v) is 86.6. The van der Waals surface area contributed by atoms with Crippen LogP contribution < -0.4 is 28.7 Å². The number of hydrogen-bond donors (Lipinski definition) is 2. The lowest BCUT2D eigenvalue weighted by Gasteiger charge is -2.34. The fraction of sp³-hybridized carbons (Fsp3) is 0.209. The van der Waals surface area contributed by atoms with Gasteiger partial charge in [-0.3, -0.25) is 19.2 Å². The van der Waals surface area contributed by atoms with Crippen molar-refractivity contribution in [3.63, 3.8) is 0 Å². The van der Waals surface area contributed by atoms with Gasteiger partial charge in [0, 0.05) is 43.1 Å². The quantitative estimate of drug-likeness (QED) is 0.0530. The summed E-state index contributed by atoms with van der Waals surface area (Å²) in [6, 6.07) is 82.4. The normalized spacial score (nSPS) is 13.9. The molecule has 0 unspecified atom stereocenters. The van der Waals surface area contributed by atoms with Gasteiger partial charge >= 0.3 is 11.9 Å². The number of hydrogen-bond acceptors (Lipinski definition) is 10. The second-order valence-electron chi connectivity index (χ2n) is 46.6. The summed E-state index contributed by atoms with van der Waals surface area (Å²) in [7, 11) is 0. The number of fused-ring (bicyclic) bond motifs is 14. The highest BCUT2D eigenvalue weighted by molar-refractivity contribution is 6.48. The van der Waals surface area contributed by atoms with E-state index < -0.39 is 35.6 Å². The van der Waals surface area contributed by atoms with Crippen LogP contribution in [0.5, 0.6) is 46.0 Å². The molecule has 0 atom stereocenters. The third-order valence-corrected chi connectivity index (χ3v) is 31.8. The molecule has 0 saturated heterocycles. The number of ether oxygens (including phenoxy) is 4. The van der Waals surface area contributed by atoms with Gasteiger partial charge in [-0.2, -0.15) is 0 Å². The molecule has 14 heteroatoms. The highest BCUT2D eigenvalue weighted by atomic mass is 16.5. The van der Waals surface area contributed by atoms with Crippen LogP contribution in [0, 0.1) is 0 Å². The van der Waals surface area contributed by atoms with Crippen molar-refractivity contribution in [1.82, 2.24) is 0 Å². The molecule has 14 nitrogen and oxygen atoms in total. The molecular weight excluding hydrogens is 1830 g/mol. The average Bonchev–Trinajstić information content (AvgIpc) is 1.48. The number of carbonyl (C=O) groups excluding carboxylic acids is 4. The Balaban J connectivity index is 0.629. The van der Waals surface area contributed by atoms with E-state index in [0.29, 0.717) is 123 Å². The van der Waals surface area contributed by atoms with Crippen molar-refractivity contribution in [3.8, 4) is 90.5 Å². The fourth-order valence-corrected chi connectivity index (χ4v) is 24.1. The van der Waals surface area contributed by atoms with E-state index in [9.17, 15) is 19.8 Å². The standard InChI is InChI=1S/C134H110N2O12/c1-65(2)95-57-77(129(141)142)58-96(66(3)4)123(95)135-125(137)103-61-107(145-83-33-25-79(26-34-83)131(9,10)11)117-91-45-41-87-99-53-73-49-69-21-23-71-51-75-55-101-89-43-47-93-114-94(48-44-90(112(89)114)102(101)56-76(75)52-72(71)24-22-70(69)50-74(73)54-100(99)88-42-46-92(113(91)111(87)88)118-108(62-104(126(135)138)115(103)121(117)118)146-84-35-27-80(28-36-84)132(12,13)14)120-110(148-86-39-31-82(32-40-86)134(18,19)20)64-106-116-105(63-109(119(93)122(116)120)147-85-37-29-81(30-38-85)133(15,16)17)127(139)136(128(106)140)124-97(67(5)6)59-78(130(143)144)60-98(124)68(7)8/h21-68H,1-20H3,(H,141,142)(H,143,144). The molecule has 0 spiro atoms. The molecule has 148 heavy (non-hydrogen) atoms. The van der Waals surface area contributed by atoms with E-state index in [1.165, 1.54) is 9.80 Å². The van der Waals surface area contributed by atoms with Gasteiger partial charge in [-0.1, -0.05) is 260 Å². The lowest BCUT2D eigenvalue weighted by molar-refractivity contribution is 0.0686. The van der Waals surface area contributed by atoms with E-state index in [4.69, 9.17) is 18.9 Å². The van der Waals surface area contributed by atoms with E-state index in [-0.39, 0.29) is 78.7 Å². The van der Waals surface area contributed by atoms with Crippen LogP contribution in [-0.4, -0.2) is 45.8 Å². The van der Waals surface area contributed by atoms with Crippen LogP contribution in [0.4, 0.5) is 11.4 Å². The Kier molecular flexibility index (Phi) is 20.3. The number of imide groups is 2. The number of anilines is 2. The van der Waals surface area contributed by atoms with Gasteiger partial charge in [-0.05, 0) is 367 Å². The van der Waals surface area contributed by atoms with Gasteiger partial charge in [0.2, 0.25) is 0 Å². The van der Waals surface area contributed by atoms with E-state index >= 15 is 19.2 Å². The number of rotatable bonds is 16. The number of carboxylic acids is 2. The molecule has 0 aromatic heterocycles. The maximum Gasteiger partial charge on any atom is 0.335 e. The Morgan fingerprint density at radius 2 is 0.446 bits per heavy atom. The van der Waals surface area contributed by atoms with Gasteiger partial charge in [-0.25, -0.2) is 19.4 Å². The number of benzene rings is 20. The lowest BCUT2D eigenvalue weighted by Crippen LogP contribution is -2.42. The zero-order chi connectivity index (χ0) is 103. The molecule has 0 bridgehead atoms. The van der Waals surface area contributed by atoms with Gasteiger partial charge in [0.25, 0.3) is 23.6 Å². The maximum atomic E-state index is 16.4. The Labute approximate surface area is 858 Å². The predicted molar refractivity (Wildman–Crippen MR) is 603 cm³/mol. The third kappa shape index (κ3) is 14.1. The molecule has 20 aromatic rings. The summed E-state index contributed by atoms with van der Waals surface area (Å²) in [5.74, 6) is -1.71. The van der Waals surface area contributed by atoms with Gasteiger partial charge < -0.3 is 29.2 Å². The Morgan fingerprint density at radius 3 is 0.642 bits per heavy atom. The van der Waals surface area contributed by atoms with Crippen LogP contribution >= 0.6 is 0 Å². The number of amides is 4. The van der Waals surface area contributed by atoms with Crippen molar-refractivity contribution in [3.05, 3.63) is 343 Å². The van der Waals surface area contributed by atoms with Crippen LogP contribution in [0.1, 0.15) is 291 Å². The van der Waals surface area contributed by atoms with Gasteiger partial charge in [-0.15, -0.1) is 0 Å². The van der Waals surface area contributed by atoms with Crippen molar-refractivity contribution in [2.24, 2.45) is 0 Å². The summed E-state index contributed by atoms with van der Waals surface area (Å²) in [5, 5.41) is 38.1. The van der Waals surface area contributed by atoms with E-state index in [0.717, 1.165) is 154 Å². The molecule has 728 valence electrons. The van der Waals surface area contributed by atoms with Gasteiger partial charge in [0.05, 0.1) is 44.8 Å². The van der Waals surface area contributed by atoms with E-state index in [1.54, 1.807) is 24.3 Å². The minimum atomic E-state index is -1.11. The first-order valence-corrected chi connectivity index (χ1v) is 51.4. The minimum absolute atomic E-state index is 0.0729. The molecule has 3 aliphatic carbocycles. The number of aromatic carboxylic acids is 2. The molecule has 0 saturated carbocycles. The maximum absolute atomic E-state index is 16.4. The lowest BCUT2D eigenvalue weighted by atomic mass is 9.82. The summed E-state index contributed by atoms with van der Waals surface area (Å²) < 4.78 is 29.4. The number of nitrogens with zero attached hydrogens (tertiary/aromatic N) is 2. The van der Waals surface area contributed by atoms with Crippen LogP contribution in [-0.2, 0) is 21.7 Å². The topological polar surface area (TPSA) is 186 Å². The second-order valence-corrected chi connectivity index (χ2v) is 46.6. The van der Waals surface area contributed by atoms with E-state index in [2.05, 4.69) is 253 Å². The van der Waals surface area contributed by atoms with Gasteiger partial charge in [0.1, 0.15) is 46.0 Å². The van der Waals surface area contributed by atoms with Crippen molar-refractivity contribution in [2.75, 3.05) is 9.80 Å². The van der Waals surface area contributed by atoms with Crippen molar-refractivity contribution < 1.29 is 57.9 Å². The first-order valence-electron chi connectivity index (χ1n) is 51.4. The first kappa shape index (κ1) is 92.5. The van der Waals surface area contributed by atoms with Gasteiger partial charge in [0.15, 0.2) is 0 Å². The second kappa shape index (κ2) is 32.5. The van der Waals surface area contributed by atoms with Crippen molar-refractivity contribution >= 4 is 179 Å². The van der Waals surface area contributed by atoms with Crippen LogP contribution in [0.15, 0.2) is 243 Å². The SMILES string of the molecule is CC(C)c1cc(C(=O)O)cc(C(C)C)c1N1C(=O)c2cc(Oc3ccc(C(C)(C)C)cc3)c3c4ccc5c6c(ccc(c7c(Oc8ccc(C(C)(C)C)cc8)cc(c2c37)C1=O)c64)-c1cc2cc3c(cc2cc1-5)C=Cc1cc2cc4c(cc2cc1C=C3)-c1ccc2c3c(Oc5ccc(C(C)(C)C)cc5)cc5c6c(cc(Oc7ccc(C(C)(C)C)cc7)c(c7ccc-4c1c72)c63)C(=O)N(c1c(C(C)C)cc(C(=O)O)cc1C(C)C)C5=O. The molecule has 2 N–H and O–H groups in total. The van der Waals surface area contributed by atoms with Crippen molar-refractivity contribution in [1.29, 1.82) is 0 Å². The predicted octanol–water partition coefficient (Wildman–Crippen LogP) is 35.9. The average molecular weight is 1940 g/mol. The summed E-state index contributed by atoms with van der Waals surface area (Å²) in [5.41, 5.74) is 20.9. The molecular formula is C134H110N2O12. The minimum Gasteiger partial charge on any atom is -0.478 e. The largest absolute Gasteiger partial charge is 0.478 e. The highest BCUT2D eigenvalue weighted by Gasteiger charge is 2.45. The van der Waals surface area contributed by atoms with Crippen LogP contribution in [0.3, 0.4) is 0 Å². The van der Waals surface area contributed by atoms with Crippen LogP contribution in [0.2, 0.25) is 0 Å². The van der Waals surface area contributed by atoms with Crippen molar-refractivity contribution in [2.45, 2.75) is 184 Å². The number of carboxylic acid groups (broad SMARTS) is 2. The Morgan fingerprint density at radius 1 is 0.236 bits per heavy atom. The monoisotopic (exact) mass is 1940 g/mol. The summed E-state index contributed by atoms with van der Waals surface area (Å²) in [6.45, 7) is 41.7. The van der Waals surface area contributed by atoms with Crippen LogP contribution in [0.25, 0.3) is 177 Å². The molecule has 0 radical (unpaired) electrons. The molecule has 25 rings (SSSR count). The molecule has 2 aliphatic heterocycles. The fourth-order valence-electron chi connectivity index (χ4n) is 24.1. The Hall–Kier alpha value is -16.6. The summed E-state index contributed by atoms with van der Waals surface area (Å²) in [4.78, 5) is 93.9. The molecule has 0 fully saturated rings. The smallest absolute Gasteiger partial charge is 0.335 e. The first-order chi connectivity index (χ1) is 70.5. The molecule has 5 aliphatic rings. The summed E-state index contributed by atoms with van der Waals surface area (Å²) >= 11 is 0. The molecule has 20 aromatic carbocycles. The summed E-state index contributed by atoms with van der Waals surface area (Å²) in [6.07, 6.45) is 8.98. The Bertz CT molecular complexity index is 8440.